The lowest BCUT2D eigenvalue weighted by molar-refractivity contribution is 0.204. The summed E-state index contributed by atoms with van der Waals surface area (Å²) in [6, 6.07) is 1.84. The fourth-order valence-electron chi connectivity index (χ4n) is 1.57. The van der Waals surface area contributed by atoms with Crippen LogP contribution in [0.1, 0.15) is 19.5 Å². The second-order valence-electron chi connectivity index (χ2n) is 4.38. The summed E-state index contributed by atoms with van der Waals surface area (Å²) in [4.78, 5) is 10.9. The van der Waals surface area contributed by atoms with Crippen LogP contribution in [0.2, 0.25) is 0 Å². The highest BCUT2D eigenvalue weighted by molar-refractivity contribution is 5.30. The molecular formula is C12H22N4O. The Hall–Kier alpha value is -1.20. The van der Waals surface area contributed by atoms with E-state index >= 15 is 0 Å². The molecule has 1 aromatic heterocycles. The van der Waals surface area contributed by atoms with Crippen molar-refractivity contribution in [3.05, 3.63) is 18.0 Å². The van der Waals surface area contributed by atoms with Gasteiger partial charge in [-0.15, -0.1) is 0 Å². The number of aromatic nitrogens is 2. The van der Waals surface area contributed by atoms with Crippen molar-refractivity contribution >= 4 is 5.95 Å². The van der Waals surface area contributed by atoms with Crippen molar-refractivity contribution in [2.24, 2.45) is 11.7 Å². The van der Waals surface area contributed by atoms with Crippen LogP contribution in [0.4, 0.5) is 5.95 Å². The highest BCUT2D eigenvalue weighted by atomic mass is 16.5. The summed E-state index contributed by atoms with van der Waals surface area (Å²) in [6.45, 7) is 7.16. The Morgan fingerprint density at radius 3 is 2.82 bits per heavy atom. The summed E-state index contributed by atoms with van der Waals surface area (Å²) in [5, 5.41) is 0. The average molecular weight is 238 g/mol. The molecule has 0 amide bonds. The zero-order valence-electron chi connectivity index (χ0n) is 10.9. The third-order valence-electron chi connectivity index (χ3n) is 2.34. The van der Waals surface area contributed by atoms with Crippen LogP contribution in [-0.2, 0) is 11.3 Å². The molecule has 0 radical (unpaired) electrons. The molecule has 1 heterocycles. The van der Waals surface area contributed by atoms with Gasteiger partial charge < -0.3 is 15.4 Å². The molecule has 0 saturated carbocycles. The van der Waals surface area contributed by atoms with Crippen LogP contribution in [0.15, 0.2) is 12.3 Å². The molecule has 2 N–H and O–H groups in total. The molecule has 5 nitrogen and oxygen atoms in total. The van der Waals surface area contributed by atoms with Crippen LogP contribution in [0, 0.1) is 5.92 Å². The Bertz CT molecular complexity index is 330. The third-order valence-corrected chi connectivity index (χ3v) is 2.34. The monoisotopic (exact) mass is 238 g/mol. The number of nitrogens with zero attached hydrogens (tertiary/aromatic N) is 3. The van der Waals surface area contributed by atoms with E-state index in [1.165, 1.54) is 0 Å². The van der Waals surface area contributed by atoms with Gasteiger partial charge in [-0.05, 0) is 12.0 Å². The molecule has 0 unspecified atom stereocenters. The van der Waals surface area contributed by atoms with Gasteiger partial charge in [0.2, 0.25) is 5.95 Å². The van der Waals surface area contributed by atoms with E-state index in [-0.39, 0.29) is 0 Å². The zero-order valence-corrected chi connectivity index (χ0v) is 10.9. The average Bonchev–Trinajstić information content (AvgIpc) is 2.34. The van der Waals surface area contributed by atoms with Crippen LogP contribution in [0.25, 0.3) is 0 Å². The summed E-state index contributed by atoms with van der Waals surface area (Å²) in [7, 11) is 1.70. The number of anilines is 1. The van der Waals surface area contributed by atoms with Gasteiger partial charge in [0.15, 0.2) is 0 Å². The molecule has 17 heavy (non-hydrogen) atoms. The van der Waals surface area contributed by atoms with Gasteiger partial charge in [-0.25, -0.2) is 9.97 Å². The lowest BCUT2D eigenvalue weighted by Gasteiger charge is -2.24. The van der Waals surface area contributed by atoms with Crippen LogP contribution in [0.3, 0.4) is 0 Å². The molecule has 96 valence electrons. The SMILES string of the molecule is COCCN(CC(C)C)c1nccc(CN)n1. The summed E-state index contributed by atoms with van der Waals surface area (Å²) in [5.74, 6) is 1.29. The normalized spacial score (nSPS) is 10.9. The predicted molar refractivity (Wildman–Crippen MR) is 68.9 cm³/mol. The van der Waals surface area contributed by atoms with Gasteiger partial charge in [-0.3, -0.25) is 0 Å². The maximum Gasteiger partial charge on any atom is 0.225 e. The number of nitrogens with two attached hydrogens (primary N) is 1. The van der Waals surface area contributed by atoms with E-state index in [9.17, 15) is 0 Å². The van der Waals surface area contributed by atoms with E-state index in [1.54, 1.807) is 13.3 Å². The van der Waals surface area contributed by atoms with Crippen LogP contribution in [-0.4, -0.2) is 36.8 Å². The molecule has 0 aliphatic carbocycles. The molecule has 0 aliphatic rings. The standard InChI is InChI=1S/C12H22N4O/c1-10(2)9-16(6-7-17-3)12-14-5-4-11(8-13)15-12/h4-5,10H,6-9,13H2,1-3H3. The fourth-order valence-corrected chi connectivity index (χ4v) is 1.57. The van der Waals surface area contributed by atoms with Crippen molar-refractivity contribution in [3.8, 4) is 0 Å². The molecule has 0 bridgehead atoms. The van der Waals surface area contributed by atoms with E-state index < -0.39 is 0 Å². The zero-order chi connectivity index (χ0) is 12.7. The minimum atomic E-state index is 0.440. The molecule has 0 aliphatic heterocycles. The van der Waals surface area contributed by atoms with Gasteiger partial charge in [0.05, 0.1) is 12.3 Å². The minimum Gasteiger partial charge on any atom is -0.383 e. The number of methoxy groups -OCH3 is 1. The van der Waals surface area contributed by atoms with Crippen LogP contribution < -0.4 is 10.6 Å². The molecule has 1 rings (SSSR count). The van der Waals surface area contributed by atoms with Gasteiger partial charge in [0, 0.05) is 32.9 Å². The van der Waals surface area contributed by atoms with Gasteiger partial charge in [-0.2, -0.15) is 0 Å². The van der Waals surface area contributed by atoms with E-state index in [0.29, 0.717) is 19.1 Å². The number of rotatable bonds is 7. The Balaban J connectivity index is 2.78. The largest absolute Gasteiger partial charge is 0.383 e. The first-order chi connectivity index (χ1) is 8.17. The molecule has 0 atom stereocenters. The number of hydrogen-bond acceptors (Lipinski definition) is 5. The van der Waals surface area contributed by atoms with Crippen molar-refractivity contribution in [2.45, 2.75) is 20.4 Å². The highest BCUT2D eigenvalue weighted by Gasteiger charge is 2.11. The Morgan fingerprint density at radius 1 is 1.47 bits per heavy atom. The van der Waals surface area contributed by atoms with Crippen LogP contribution >= 0.6 is 0 Å². The fraction of sp³-hybridized carbons (Fsp3) is 0.667. The Kier molecular flexibility index (Phi) is 5.86. The lowest BCUT2D eigenvalue weighted by atomic mass is 10.2. The maximum atomic E-state index is 5.59. The molecule has 0 aromatic carbocycles. The van der Waals surface area contributed by atoms with Crippen molar-refractivity contribution in [2.75, 3.05) is 31.7 Å². The summed E-state index contributed by atoms with van der Waals surface area (Å²) in [6.07, 6.45) is 1.75. The third kappa shape index (κ3) is 4.66. The Labute approximate surface area is 103 Å². The quantitative estimate of drug-likeness (QED) is 0.769. The van der Waals surface area contributed by atoms with Crippen molar-refractivity contribution < 1.29 is 4.74 Å². The lowest BCUT2D eigenvalue weighted by Crippen LogP contribution is -2.32. The van der Waals surface area contributed by atoms with Gasteiger partial charge >= 0.3 is 0 Å². The Morgan fingerprint density at radius 2 is 2.24 bits per heavy atom. The predicted octanol–water partition coefficient (Wildman–Crippen LogP) is 1.04. The van der Waals surface area contributed by atoms with Crippen molar-refractivity contribution in [3.63, 3.8) is 0 Å². The van der Waals surface area contributed by atoms with Crippen molar-refractivity contribution in [1.29, 1.82) is 0 Å². The highest BCUT2D eigenvalue weighted by Crippen LogP contribution is 2.10. The maximum absolute atomic E-state index is 5.59. The van der Waals surface area contributed by atoms with Crippen molar-refractivity contribution in [1.82, 2.24) is 9.97 Å². The molecule has 0 fully saturated rings. The molecule has 5 heteroatoms. The number of ether oxygens (including phenoxy) is 1. The first-order valence-electron chi connectivity index (χ1n) is 5.93. The molecular weight excluding hydrogens is 216 g/mol. The van der Waals surface area contributed by atoms with Gasteiger partial charge in [-0.1, -0.05) is 13.8 Å². The minimum absolute atomic E-state index is 0.440. The van der Waals surface area contributed by atoms with E-state index in [2.05, 4.69) is 28.7 Å². The second-order valence-corrected chi connectivity index (χ2v) is 4.38. The summed E-state index contributed by atoms with van der Waals surface area (Å²) < 4.78 is 5.11. The molecule has 0 spiro atoms. The smallest absolute Gasteiger partial charge is 0.225 e. The topological polar surface area (TPSA) is 64.3 Å². The second kappa shape index (κ2) is 7.19. The molecule has 0 saturated heterocycles. The summed E-state index contributed by atoms with van der Waals surface area (Å²) in [5.41, 5.74) is 6.45. The van der Waals surface area contributed by atoms with E-state index in [1.807, 2.05) is 6.07 Å². The van der Waals surface area contributed by atoms with Gasteiger partial charge in [0.25, 0.3) is 0 Å². The summed E-state index contributed by atoms with van der Waals surface area (Å²) >= 11 is 0. The first kappa shape index (κ1) is 13.9. The van der Waals surface area contributed by atoms with E-state index in [0.717, 1.165) is 24.7 Å². The first-order valence-corrected chi connectivity index (χ1v) is 5.93. The van der Waals surface area contributed by atoms with Crippen LogP contribution in [0.5, 0.6) is 0 Å². The molecule has 1 aromatic rings. The van der Waals surface area contributed by atoms with E-state index in [4.69, 9.17) is 10.5 Å². The number of hydrogen-bond donors (Lipinski definition) is 1. The van der Waals surface area contributed by atoms with Gasteiger partial charge in [0.1, 0.15) is 0 Å².